The van der Waals surface area contributed by atoms with Crippen molar-refractivity contribution in [2.24, 2.45) is 0 Å². The van der Waals surface area contributed by atoms with Crippen LogP contribution in [0, 0.1) is 11.3 Å². The summed E-state index contributed by atoms with van der Waals surface area (Å²) >= 11 is 0. The highest BCUT2D eigenvalue weighted by Gasteiger charge is 2.17. The van der Waals surface area contributed by atoms with Gasteiger partial charge >= 0.3 is 0 Å². The fourth-order valence-corrected chi connectivity index (χ4v) is 2.04. The first-order valence-corrected chi connectivity index (χ1v) is 5.79. The average molecular weight is 254 g/mol. The lowest BCUT2D eigenvalue weighted by molar-refractivity contribution is 0.868. The lowest BCUT2D eigenvalue weighted by Crippen LogP contribution is -2.21. The maximum Gasteiger partial charge on any atom is 0.276 e. The molecule has 3 heterocycles. The van der Waals surface area contributed by atoms with Crippen molar-refractivity contribution < 1.29 is 0 Å². The number of fused-ring (bicyclic) bond motifs is 1. The third kappa shape index (κ3) is 1.54. The lowest BCUT2D eigenvalue weighted by atomic mass is 10.1. The molecule has 0 spiro atoms. The Morgan fingerprint density at radius 3 is 3.00 bits per heavy atom. The maximum absolute atomic E-state index is 12.3. The normalized spacial score (nSPS) is 10.7. The number of rotatable bonds is 2. The van der Waals surface area contributed by atoms with Gasteiger partial charge < -0.3 is 4.98 Å². The van der Waals surface area contributed by atoms with E-state index < -0.39 is 0 Å². The summed E-state index contributed by atoms with van der Waals surface area (Å²) < 4.78 is 1.28. The smallest absolute Gasteiger partial charge is 0.276 e. The van der Waals surface area contributed by atoms with Gasteiger partial charge in [0.05, 0.1) is 0 Å². The first kappa shape index (κ1) is 11.2. The fourth-order valence-electron chi connectivity index (χ4n) is 2.04. The number of aromatic nitrogens is 5. The van der Waals surface area contributed by atoms with Crippen LogP contribution in [0.5, 0.6) is 0 Å². The van der Waals surface area contributed by atoms with Gasteiger partial charge in [0.2, 0.25) is 0 Å². The predicted octanol–water partition coefficient (Wildman–Crippen LogP) is 0.847. The van der Waals surface area contributed by atoms with Crippen molar-refractivity contribution in [3.8, 4) is 17.6 Å². The van der Waals surface area contributed by atoms with E-state index in [-0.39, 0.29) is 5.56 Å². The molecule has 7 heteroatoms. The first-order valence-electron chi connectivity index (χ1n) is 5.79. The Hall–Kier alpha value is -2.88. The summed E-state index contributed by atoms with van der Waals surface area (Å²) in [5.41, 5.74) is 1.48. The number of hydrogen-bond donors (Lipinski definition) is 2. The molecule has 0 aliphatic heterocycles. The van der Waals surface area contributed by atoms with E-state index in [9.17, 15) is 4.79 Å². The Balaban J connectivity index is 2.44. The summed E-state index contributed by atoms with van der Waals surface area (Å²) in [5, 5.41) is 11.8. The third-order valence-corrected chi connectivity index (χ3v) is 2.95. The van der Waals surface area contributed by atoms with Gasteiger partial charge in [0.15, 0.2) is 11.5 Å². The molecule has 2 N–H and O–H groups in total. The first-order chi connectivity index (χ1) is 9.26. The SMILES string of the molecule is CCc1c(-c2ncc[nH]2)nc2c(C#N)c[nH]n2c1=O. The van der Waals surface area contributed by atoms with E-state index in [0.717, 1.165) is 0 Å². The van der Waals surface area contributed by atoms with Gasteiger partial charge in [0.1, 0.15) is 17.3 Å². The molecule has 0 fully saturated rings. The van der Waals surface area contributed by atoms with E-state index in [4.69, 9.17) is 5.26 Å². The van der Waals surface area contributed by atoms with Gasteiger partial charge in [-0.1, -0.05) is 6.92 Å². The van der Waals surface area contributed by atoms with E-state index in [1.54, 1.807) is 12.4 Å². The second kappa shape index (κ2) is 4.10. The van der Waals surface area contributed by atoms with Crippen LogP contribution >= 0.6 is 0 Å². The van der Waals surface area contributed by atoms with Crippen LogP contribution in [-0.2, 0) is 6.42 Å². The zero-order valence-electron chi connectivity index (χ0n) is 10.1. The topological polar surface area (TPSA) is 103 Å². The quantitative estimate of drug-likeness (QED) is 0.707. The molecular formula is C12H10N6O. The van der Waals surface area contributed by atoms with Crippen molar-refractivity contribution in [3.05, 3.63) is 40.1 Å². The largest absolute Gasteiger partial charge is 0.343 e. The predicted molar refractivity (Wildman–Crippen MR) is 67.5 cm³/mol. The zero-order valence-corrected chi connectivity index (χ0v) is 10.1. The Bertz CT molecular complexity index is 834. The highest BCUT2D eigenvalue weighted by molar-refractivity contribution is 5.62. The molecule has 3 aromatic heterocycles. The number of aromatic amines is 2. The van der Waals surface area contributed by atoms with Crippen LogP contribution in [-0.4, -0.2) is 24.6 Å². The summed E-state index contributed by atoms with van der Waals surface area (Å²) in [6, 6.07) is 2.00. The minimum Gasteiger partial charge on any atom is -0.343 e. The second-order valence-corrected chi connectivity index (χ2v) is 3.99. The van der Waals surface area contributed by atoms with Gasteiger partial charge in [-0.05, 0) is 6.42 Å². The molecule has 7 nitrogen and oxygen atoms in total. The van der Waals surface area contributed by atoms with Crippen molar-refractivity contribution in [2.45, 2.75) is 13.3 Å². The van der Waals surface area contributed by atoms with Crippen molar-refractivity contribution in [3.63, 3.8) is 0 Å². The average Bonchev–Trinajstić information content (AvgIpc) is 3.07. The van der Waals surface area contributed by atoms with Crippen LogP contribution in [0.2, 0.25) is 0 Å². The van der Waals surface area contributed by atoms with E-state index in [1.165, 1.54) is 10.7 Å². The minimum atomic E-state index is -0.208. The van der Waals surface area contributed by atoms with Crippen molar-refractivity contribution in [1.82, 2.24) is 24.6 Å². The number of hydrogen-bond acceptors (Lipinski definition) is 4. The highest BCUT2D eigenvalue weighted by Crippen LogP contribution is 2.17. The molecule has 0 aliphatic carbocycles. The van der Waals surface area contributed by atoms with Gasteiger partial charge in [-0.2, -0.15) is 5.26 Å². The summed E-state index contributed by atoms with van der Waals surface area (Å²) in [7, 11) is 0. The zero-order chi connectivity index (χ0) is 13.4. The summed E-state index contributed by atoms with van der Waals surface area (Å²) in [4.78, 5) is 23.8. The van der Waals surface area contributed by atoms with Crippen LogP contribution in [0.3, 0.4) is 0 Å². The number of imidazole rings is 1. The number of H-pyrrole nitrogens is 2. The molecular weight excluding hydrogens is 244 g/mol. The number of nitrogens with one attached hydrogen (secondary N) is 2. The Kier molecular flexibility index (Phi) is 2.42. The number of nitriles is 1. The van der Waals surface area contributed by atoms with E-state index >= 15 is 0 Å². The molecule has 94 valence electrons. The monoisotopic (exact) mass is 254 g/mol. The summed E-state index contributed by atoms with van der Waals surface area (Å²) in [5.74, 6) is 0.529. The molecule has 3 aromatic rings. The molecule has 0 saturated heterocycles. The Labute approximate surface area is 107 Å². The van der Waals surface area contributed by atoms with Crippen LogP contribution in [0.15, 0.2) is 23.4 Å². The summed E-state index contributed by atoms with van der Waals surface area (Å²) in [6.07, 6.45) is 5.27. The molecule has 0 atom stereocenters. The molecule has 19 heavy (non-hydrogen) atoms. The fraction of sp³-hybridized carbons (Fsp3) is 0.167. The van der Waals surface area contributed by atoms with Gasteiger partial charge in [0.25, 0.3) is 5.56 Å². The lowest BCUT2D eigenvalue weighted by Gasteiger charge is -2.04. The summed E-state index contributed by atoms with van der Waals surface area (Å²) in [6.45, 7) is 1.88. The van der Waals surface area contributed by atoms with Crippen LogP contribution < -0.4 is 5.56 Å². The van der Waals surface area contributed by atoms with Crippen molar-refractivity contribution >= 4 is 5.65 Å². The molecule has 0 aromatic carbocycles. The molecule has 0 radical (unpaired) electrons. The Morgan fingerprint density at radius 2 is 2.37 bits per heavy atom. The molecule has 0 bridgehead atoms. The number of nitrogens with zero attached hydrogens (tertiary/aromatic N) is 4. The highest BCUT2D eigenvalue weighted by atomic mass is 16.1. The van der Waals surface area contributed by atoms with Crippen LogP contribution in [0.1, 0.15) is 18.1 Å². The minimum absolute atomic E-state index is 0.208. The van der Waals surface area contributed by atoms with Gasteiger partial charge in [-0.3, -0.25) is 9.89 Å². The molecule has 3 rings (SSSR count). The van der Waals surface area contributed by atoms with Crippen molar-refractivity contribution in [1.29, 1.82) is 5.26 Å². The Morgan fingerprint density at radius 1 is 1.53 bits per heavy atom. The second-order valence-electron chi connectivity index (χ2n) is 3.99. The van der Waals surface area contributed by atoms with Crippen molar-refractivity contribution in [2.75, 3.05) is 0 Å². The third-order valence-electron chi connectivity index (χ3n) is 2.95. The molecule has 0 saturated carbocycles. The molecule has 0 aliphatic rings. The molecule has 0 unspecified atom stereocenters. The maximum atomic E-state index is 12.3. The van der Waals surface area contributed by atoms with Crippen LogP contribution in [0.25, 0.3) is 17.2 Å². The van der Waals surface area contributed by atoms with E-state index in [0.29, 0.717) is 34.7 Å². The van der Waals surface area contributed by atoms with E-state index in [1.807, 2.05) is 13.0 Å². The molecule has 0 amide bonds. The van der Waals surface area contributed by atoms with Gasteiger partial charge in [-0.25, -0.2) is 14.5 Å². The van der Waals surface area contributed by atoms with Crippen LogP contribution in [0.4, 0.5) is 0 Å². The standard InChI is InChI=1S/C12H10N6O/c1-2-8-9(10-14-3-4-15-10)17-11-7(5-13)6-16-18(11)12(8)19/h3-4,6,16H,2H2,1H3,(H,14,15). The van der Waals surface area contributed by atoms with Gasteiger partial charge in [-0.15, -0.1) is 0 Å². The van der Waals surface area contributed by atoms with Gasteiger partial charge in [0, 0.05) is 24.2 Å². The van der Waals surface area contributed by atoms with E-state index in [2.05, 4.69) is 20.1 Å².